The van der Waals surface area contributed by atoms with E-state index in [1.165, 1.54) is 16.9 Å². The second-order valence-electron chi connectivity index (χ2n) is 10.6. The molecular formula is C29H29ClN4O5S. The highest BCUT2D eigenvalue weighted by molar-refractivity contribution is 7.20. The Labute approximate surface area is 240 Å². The van der Waals surface area contributed by atoms with Crippen LogP contribution in [0.3, 0.4) is 0 Å². The van der Waals surface area contributed by atoms with Crippen molar-refractivity contribution in [2.45, 2.75) is 50.5 Å². The van der Waals surface area contributed by atoms with Gasteiger partial charge in [0.25, 0.3) is 0 Å². The molecule has 7 rings (SSSR count). The van der Waals surface area contributed by atoms with Gasteiger partial charge in [0.15, 0.2) is 17.6 Å². The fraction of sp³-hybridized carbons (Fsp3) is 0.414. The minimum absolute atomic E-state index is 0.164. The standard InChI is InChI=1S/C29H29ClN4O5S/c30-18-4-5-21(31-13-18)24-16-38-27-20(2-1-3-23(27)39-24)17-6-9-33(10-7-17)15-26-32-28-22(12-25(40-28)29(35)36)34(26)14-19-8-11-37-19/h1-5,12-13,17,19,24H,6-11,14-16H2,(H,35,36)/t19-,24-/m0/s1. The number of thiophene rings is 1. The lowest BCUT2D eigenvalue weighted by Crippen LogP contribution is -2.35. The van der Waals surface area contributed by atoms with Crippen LogP contribution in [0.1, 0.15) is 58.0 Å². The Morgan fingerprint density at radius 1 is 1.18 bits per heavy atom. The number of hydrogen-bond donors (Lipinski definition) is 1. The average Bonchev–Trinajstić information content (AvgIpc) is 3.49. The highest BCUT2D eigenvalue weighted by Crippen LogP contribution is 2.44. The maximum Gasteiger partial charge on any atom is 0.346 e. The number of halogens is 1. The zero-order valence-electron chi connectivity index (χ0n) is 21.8. The molecular weight excluding hydrogens is 552 g/mol. The van der Waals surface area contributed by atoms with Gasteiger partial charge in [-0.05, 0) is 62.5 Å². The molecule has 40 heavy (non-hydrogen) atoms. The van der Waals surface area contributed by atoms with E-state index in [1.54, 1.807) is 12.3 Å². The molecule has 3 aliphatic heterocycles. The first kappa shape index (κ1) is 25.8. The Morgan fingerprint density at radius 3 is 2.75 bits per heavy atom. The number of carboxylic acid groups (broad SMARTS) is 1. The Morgan fingerprint density at radius 2 is 2.02 bits per heavy atom. The number of carbonyl (C=O) groups is 1. The van der Waals surface area contributed by atoms with Gasteiger partial charge in [0, 0.05) is 18.4 Å². The lowest BCUT2D eigenvalue weighted by atomic mass is 9.88. The quantitative estimate of drug-likeness (QED) is 0.305. The Bertz CT molecular complexity index is 1540. The Kier molecular flexibility index (Phi) is 6.87. The van der Waals surface area contributed by atoms with Crippen molar-refractivity contribution < 1.29 is 24.1 Å². The van der Waals surface area contributed by atoms with Crippen LogP contribution in [0.5, 0.6) is 11.5 Å². The normalized spacial score (nSPS) is 21.4. The topological polar surface area (TPSA) is 98.9 Å². The predicted octanol–water partition coefficient (Wildman–Crippen LogP) is 5.53. The molecule has 0 bridgehead atoms. The molecule has 4 aromatic rings. The number of piperidine rings is 1. The van der Waals surface area contributed by atoms with Crippen LogP contribution in [0, 0.1) is 0 Å². The van der Waals surface area contributed by atoms with Gasteiger partial charge in [-0.15, -0.1) is 11.3 Å². The van der Waals surface area contributed by atoms with E-state index in [1.807, 2.05) is 24.3 Å². The van der Waals surface area contributed by atoms with Gasteiger partial charge in [-0.25, -0.2) is 9.78 Å². The molecule has 2 atom stereocenters. The van der Waals surface area contributed by atoms with Gasteiger partial charge in [-0.1, -0.05) is 23.7 Å². The number of aromatic carboxylic acids is 1. The van der Waals surface area contributed by atoms with Crippen molar-refractivity contribution in [2.75, 3.05) is 26.3 Å². The number of carboxylic acids is 1. The van der Waals surface area contributed by atoms with Gasteiger partial charge in [-0.2, -0.15) is 0 Å². The first-order chi connectivity index (χ1) is 19.5. The van der Waals surface area contributed by atoms with Crippen molar-refractivity contribution in [3.8, 4) is 11.5 Å². The fourth-order valence-electron chi connectivity index (χ4n) is 5.80. The van der Waals surface area contributed by atoms with Crippen LogP contribution in [-0.2, 0) is 17.8 Å². The summed E-state index contributed by atoms with van der Waals surface area (Å²) in [7, 11) is 0. The smallest absolute Gasteiger partial charge is 0.346 e. The summed E-state index contributed by atoms with van der Waals surface area (Å²) in [6.45, 7) is 4.50. The molecule has 0 spiro atoms. The Balaban J connectivity index is 1.04. The number of pyridine rings is 1. The number of benzene rings is 1. The number of rotatable bonds is 7. The maximum absolute atomic E-state index is 11.5. The summed E-state index contributed by atoms with van der Waals surface area (Å²) in [5.41, 5.74) is 2.89. The van der Waals surface area contributed by atoms with Crippen LogP contribution in [0.2, 0.25) is 5.02 Å². The number of para-hydroxylation sites is 1. The van der Waals surface area contributed by atoms with Crippen LogP contribution in [-0.4, -0.2) is 62.9 Å². The molecule has 3 aromatic heterocycles. The van der Waals surface area contributed by atoms with Crippen molar-refractivity contribution >= 4 is 39.3 Å². The lowest BCUT2D eigenvalue weighted by Gasteiger charge is -2.34. The first-order valence-corrected chi connectivity index (χ1v) is 14.8. The number of hydrogen-bond acceptors (Lipinski definition) is 8. The summed E-state index contributed by atoms with van der Waals surface area (Å²) in [5.74, 6) is 2.05. The highest BCUT2D eigenvalue weighted by atomic mass is 35.5. The predicted molar refractivity (Wildman–Crippen MR) is 151 cm³/mol. The number of imidazole rings is 1. The van der Waals surface area contributed by atoms with E-state index in [9.17, 15) is 9.90 Å². The summed E-state index contributed by atoms with van der Waals surface area (Å²) in [6.07, 6.45) is 4.56. The molecule has 6 heterocycles. The number of likely N-dealkylation sites (tertiary alicyclic amines) is 1. The number of aromatic nitrogens is 3. The van der Waals surface area contributed by atoms with Gasteiger partial charge in [0.1, 0.15) is 22.1 Å². The van der Waals surface area contributed by atoms with E-state index in [2.05, 4.69) is 20.5 Å². The third kappa shape index (κ3) is 4.94. The molecule has 0 radical (unpaired) electrons. The zero-order valence-corrected chi connectivity index (χ0v) is 23.4. The van der Waals surface area contributed by atoms with Crippen LogP contribution < -0.4 is 9.47 Å². The van der Waals surface area contributed by atoms with Gasteiger partial charge < -0.3 is 23.9 Å². The maximum atomic E-state index is 11.5. The molecule has 2 fully saturated rings. The number of ether oxygens (including phenoxy) is 3. The lowest BCUT2D eigenvalue weighted by molar-refractivity contribution is -0.0592. The molecule has 0 aliphatic carbocycles. The minimum Gasteiger partial charge on any atom is -0.485 e. The molecule has 1 N–H and O–H groups in total. The van der Waals surface area contributed by atoms with Gasteiger partial charge >= 0.3 is 5.97 Å². The second kappa shape index (κ2) is 10.7. The monoisotopic (exact) mass is 580 g/mol. The molecule has 208 valence electrons. The summed E-state index contributed by atoms with van der Waals surface area (Å²) in [4.78, 5) is 24.3. The SMILES string of the molecule is O=C(O)c1cc2c(nc(CN3CCC(c4cccc5c4OC[C@@H](c4ccc(Cl)cn4)O5)CC3)n2C[C@@H]2CCO2)s1. The van der Waals surface area contributed by atoms with Gasteiger partial charge in [0.2, 0.25) is 0 Å². The van der Waals surface area contributed by atoms with Crippen molar-refractivity contribution in [3.05, 3.63) is 69.6 Å². The van der Waals surface area contributed by atoms with E-state index >= 15 is 0 Å². The summed E-state index contributed by atoms with van der Waals surface area (Å²) in [6, 6.07) is 11.6. The van der Waals surface area contributed by atoms with E-state index < -0.39 is 5.97 Å². The molecule has 9 nitrogen and oxygen atoms in total. The third-order valence-electron chi connectivity index (χ3n) is 8.05. The van der Waals surface area contributed by atoms with Crippen LogP contribution in [0.25, 0.3) is 10.3 Å². The molecule has 11 heteroatoms. The van der Waals surface area contributed by atoms with Gasteiger partial charge in [-0.3, -0.25) is 9.88 Å². The first-order valence-electron chi connectivity index (χ1n) is 13.6. The van der Waals surface area contributed by atoms with Gasteiger partial charge in [0.05, 0.1) is 35.4 Å². The molecule has 0 saturated carbocycles. The molecule has 0 amide bonds. The summed E-state index contributed by atoms with van der Waals surface area (Å²) in [5, 5.41) is 10.0. The molecule has 0 unspecified atom stereocenters. The van der Waals surface area contributed by atoms with Crippen molar-refractivity contribution in [3.63, 3.8) is 0 Å². The second-order valence-corrected chi connectivity index (χ2v) is 12.0. The van der Waals surface area contributed by atoms with E-state index in [4.69, 9.17) is 30.8 Å². The average molecular weight is 581 g/mol. The third-order valence-corrected chi connectivity index (χ3v) is 9.28. The highest BCUT2D eigenvalue weighted by Gasteiger charge is 2.31. The minimum atomic E-state index is -0.910. The van der Waals surface area contributed by atoms with Crippen LogP contribution in [0.15, 0.2) is 42.6 Å². The largest absolute Gasteiger partial charge is 0.485 e. The van der Waals surface area contributed by atoms with Crippen molar-refractivity contribution in [2.24, 2.45) is 0 Å². The Hall–Kier alpha value is -3.18. The molecule has 2 saturated heterocycles. The molecule has 3 aliphatic rings. The molecule has 1 aromatic carbocycles. The number of nitrogens with zero attached hydrogens (tertiary/aromatic N) is 4. The summed E-state index contributed by atoms with van der Waals surface area (Å²) >= 11 is 7.23. The fourth-order valence-corrected chi connectivity index (χ4v) is 6.80. The summed E-state index contributed by atoms with van der Waals surface area (Å²) < 4.78 is 20.4. The number of fused-ring (bicyclic) bond motifs is 2. The zero-order chi connectivity index (χ0) is 27.2. The van der Waals surface area contributed by atoms with Crippen molar-refractivity contribution in [1.82, 2.24) is 19.4 Å². The van der Waals surface area contributed by atoms with E-state index in [0.29, 0.717) is 29.0 Å². The van der Waals surface area contributed by atoms with E-state index in [-0.39, 0.29) is 12.2 Å². The van der Waals surface area contributed by atoms with Crippen LogP contribution >= 0.6 is 22.9 Å². The van der Waals surface area contributed by atoms with Crippen LogP contribution in [0.4, 0.5) is 0 Å². The van der Waals surface area contributed by atoms with Crippen molar-refractivity contribution in [1.29, 1.82) is 0 Å². The van der Waals surface area contributed by atoms with E-state index in [0.717, 1.165) is 78.9 Å².